The van der Waals surface area contributed by atoms with Crippen LogP contribution in [0, 0.1) is 0 Å². The summed E-state index contributed by atoms with van der Waals surface area (Å²) in [5, 5.41) is 10.5. The van der Waals surface area contributed by atoms with E-state index < -0.39 is 24.0 Å². The summed E-state index contributed by atoms with van der Waals surface area (Å²) in [5.41, 5.74) is 1.52. The molecule has 0 saturated carbocycles. The molecule has 0 fully saturated rings. The lowest BCUT2D eigenvalue weighted by Gasteiger charge is -2.19. The molecule has 0 radical (unpaired) electrons. The number of rotatable bonds is 6. The fourth-order valence-electron chi connectivity index (χ4n) is 3.35. The normalized spacial score (nSPS) is 17.2. The number of benzene rings is 2. The Morgan fingerprint density at radius 2 is 1.77 bits per heavy atom. The third-order valence-corrected chi connectivity index (χ3v) is 4.82. The van der Waals surface area contributed by atoms with Gasteiger partial charge in [0.15, 0.2) is 11.5 Å². The van der Waals surface area contributed by atoms with Gasteiger partial charge in [0.1, 0.15) is 23.5 Å². The summed E-state index contributed by atoms with van der Waals surface area (Å²) >= 11 is 0. The molecule has 1 N–H and O–H groups in total. The molecule has 158 valence electrons. The molecule has 0 amide bonds. The van der Waals surface area contributed by atoms with Gasteiger partial charge in [0.25, 0.3) is 0 Å². The SMILES string of the molecule is COC(=O)/C=C/c1cc(OC)c2c(c1)C(C(=O)OC)C(c1ccc(OC)cc1O)O2. The second kappa shape index (κ2) is 8.77. The van der Waals surface area contributed by atoms with Crippen LogP contribution in [-0.4, -0.2) is 45.5 Å². The fourth-order valence-corrected chi connectivity index (χ4v) is 3.35. The summed E-state index contributed by atoms with van der Waals surface area (Å²) < 4.78 is 26.2. The Bertz CT molecular complexity index is 995. The van der Waals surface area contributed by atoms with Gasteiger partial charge in [0, 0.05) is 23.3 Å². The molecule has 30 heavy (non-hydrogen) atoms. The Morgan fingerprint density at radius 3 is 2.37 bits per heavy atom. The van der Waals surface area contributed by atoms with Crippen molar-refractivity contribution in [1.29, 1.82) is 0 Å². The number of methoxy groups -OCH3 is 4. The zero-order valence-corrected chi connectivity index (χ0v) is 17.0. The number of phenolic OH excluding ortho intramolecular Hbond substituents is 1. The van der Waals surface area contributed by atoms with Gasteiger partial charge in [-0.05, 0) is 35.9 Å². The Balaban J connectivity index is 2.11. The van der Waals surface area contributed by atoms with Crippen LogP contribution >= 0.6 is 0 Å². The van der Waals surface area contributed by atoms with Crippen molar-refractivity contribution < 1.29 is 38.4 Å². The van der Waals surface area contributed by atoms with Crippen molar-refractivity contribution in [3.05, 3.63) is 53.1 Å². The van der Waals surface area contributed by atoms with Crippen LogP contribution in [0.15, 0.2) is 36.4 Å². The minimum atomic E-state index is -0.857. The minimum Gasteiger partial charge on any atom is -0.507 e. The van der Waals surface area contributed by atoms with Crippen LogP contribution in [0.5, 0.6) is 23.0 Å². The van der Waals surface area contributed by atoms with Crippen LogP contribution in [0.2, 0.25) is 0 Å². The molecule has 1 aliphatic rings. The summed E-state index contributed by atoms with van der Waals surface area (Å²) in [6.45, 7) is 0. The highest BCUT2D eigenvalue weighted by atomic mass is 16.5. The lowest BCUT2D eigenvalue weighted by molar-refractivity contribution is -0.144. The Labute approximate surface area is 173 Å². The highest BCUT2D eigenvalue weighted by Crippen LogP contribution is 2.53. The van der Waals surface area contributed by atoms with Gasteiger partial charge in [-0.2, -0.15) is 0 Å². The zero-order chi connectivity index (χ0) is 21.8. The summed E-state index contributed by atoms with van der Waals surface area (Å²) in [6.07, 6.45) is 1.96. The third-order valence-electron chi connectivity index (χ3n) is 4.82. The van der Waals surface area contributed by atoms with E-state index in [0.29, 0.717) is 33.9 Å². The molecule has 0 saturated heterocycles. The topological polar surface area (TPSA) is 101 Å². The van der Waals surface area contributed by atoms with Crippen LogP contribution in [0.1, 0.15) is 28.7 Å². The molecule has 2 atom stereocenters. The van der Waals surface area contributed by atoms with E-state index in [1.165, 1.54) is 40.6 Å². The highest BCUT2D eigenvalue weighted by Gasteiger charge is 2.44. The van der Waals surface area contributed by atoms with Gasteiger partial charge in [-0.1, -0.05) is 0 Å². The molecule has 8 heteroatoms. The number of carbonyl (C=O) groups is 2. The Hall–Kier alpha value is -3.68. The number of hydrogen-bond acceptors (Lipinski definition) is 8. The summed E-state index contributed by atoms with van der Waals surface area (Å²) in [7, 11) is 5.52. The summed E-state index contributed by atoms with van der Waals surface area (Å²) in [6, 6.07) is 8.11. The average molecular weight is 414 g/mol. The van der Waals surface area contributed by atoms with Crippen molar-refractivity contribution in [2.45, 2.75) is 12.0 Å². The van der Waals surface area contributed by atoms with E-state index in [9.17, 15) is 14.7 Å². The van der Waals surface area contributed by atoms with E-state index in [1.807, 2.05) is 0 Å². The second-order valence-corrected chi connectivity index (χ2v) is 6.46. The zero-order valence-electron chi connectivity index (χ0n) is 17.0. The van der Waals surface area contributed by atoms with Crippen LogP contribution in [0.3, 0.4) is 0 Å². The molecule has 0 aliphatic carbocycles. The maximum Gasteiger partial charge on any atom is 0.330 e. The monoisotopic (exact) mass is 414 g/mol. The number of carbonyl (C=O) groups excluding carboxylic acids is 2. The van der Waals surface area contributed by atoms with Crippen LogP contribution < -0.4 is 14.2 Å². The fraction of sp³-hybridized carbons (Fsp3) is 0.273. The lowest BCUT2D eigenvalue weighted by Crippen LogP contribution is -2.20. The van der Waals surface area contributed by atoms with Gasteiger partial charge in [-0.3, -0.25) is 4.79 Å². The molecule has 0 spiro atoms. The van der Waals surface area contributed by atoms with E-state index in [-0.39, 0.29) is 5.75 Å². The van der Waals surface area contributed by atoms with Gasteiger partial charge in [-0.15, -0.1) is 0 Å². The van der Waals surface area contributed by atoms with E-state index in [4.69, 9.17) is 18.9 Å². The minimum absolute atomic E-state index is 0.0779. The molecular weight excluding hydrogens is 392 g/mol. The van der Waals surface area contributed by atoms with E-state index >= 15 is 0 Å². The first-order valence-corrected chi connectivity index (χ1v) is 9.02. The lowest BCUT2D eigenvalue weighted by atomic mass is 9.89. The smallest absolute Gasteiger partial charge is 0.330 e. The van der Waals surface area contributed by atoms with Crippen molar-refractivity contribution in [3.63, 3.8) is 0 Å². The van der Waals surface area contributed by atoms with Gasteiger partial charge in [0.05, 0.1) is 28.4 Å². The van der Waals surface area contributed by atoms with Crippen molar-refractivity contribution in [1.82, 2.24) is 0 Å². The highest BCUT2D eigenvalue weighted by molar-refractivity contribution is 5.88. The van der Waals surface area contributed by atoms with Crippen molar-refractivity contribution >= 4 is 18.0 Å². The maximum absolute atomic E-state index is 12.7. The molecule has 2 aromatic rings. The molecule has 1 heterocycles. The second-order valence-electron chi connectivity index (χ2n) is 6.46. The van der Waals surface area contributed by atoms with Gasteiger partial charge in [-0.25, -0.2) is 4.79 Å². The van der Waals surface area contributed by atoms with Crippen molar-refractivity contribution in [2.75, 3.05) is 28.4 Å². The van der Waals surface area contributed by atoms with Gasteiger partial charge in [0.2, 0.25) is 0 Å². The number of fused-ring (bicyclic) bond motifs is 1. The van der Waals surface area contributed by atoms with Gasteiger partial charge < -0.3 is 28.8 Å². The number of ether oxygens (including phenoxy) is 5. The molecule has 1 aliphatic heterocycles. The first kappa shape index (κ1) is 21.0. The first-order valence-electron chi connectivity index (χ1n) is 9.02. The van der Waals surface area contributed by atoms with E-state index in [2.05, 4.69) is 4.74 Å². The first-order chi connectivity index (χ1) is 14.4. The number of hydrogen-bond donors (Lipinski definition) is 1. The standard InChI is InChI=1S/C22H22O8/c1-26-13-6-7-14(16(23)11-13)21-19(22(25)29-4)15-9-12(5-8-18(24)28-3)10-17(27-2)20(15)30-21/h5-11,19,21,23H,1-4H3/b8-5+. The van der Waals surface area contributed by atoms with Crippen molar-refractivity contribution in [2.24, 2.45) is 0 Å². The van der Waals surface area contributed by atoms with Crippen molar-refractivity contribution in [3.8, 4) is 23.0 Å². The average Bonchev–Trinajstić information content (AvgIpc) is 3.15. The van der Waals surface area contributed by atoms with Gasteiger partial charge >= 0.3 is 11.9 Å². The number of esters is 2. The summed E-state index contributed by atoms with van der Waals surface area (Å²) in [5.74, 6) is -0.782. The molecule has 8 nitrogen and oxygen atoms in total. The van der Waals surface area contributed by atoms with E-state index in [0.717, 1.165) is 0 Å². The van der Waals surface area contributed by atoms with Crippen LogP contribution in [0.4, 0.5) is 0 Å². The molecule has 2 aromatic carbocycles. The molecule has 2 unspecified atom stereocenters. The predicted molar refractivity (Wildman–Crippen MR) is 107 cm³/mol. The van der Waals surface area contributed by atoms with Crippen LogP contribution in [0.25, 0.3) is 6.08 Å². The summed E-state index contributed by atoms with van der Waals surface area (Å²) in [4.78, 5) is 24.1. The largest absolute Gasteiger partial charge is 0.507 e. The maximum atomic E-state index is 12.7. The quantitative estimate of drug-likeness (QED) is 0.569. The Kier molecular flexibility index (Phi) is 6.15. The molecule has 0 aromatic heterocycles. The molecular formula is C22H22O8. The van der Waals surface area contributed by atoms with E-state index in [1.54, 1.807) is 30.3 Å². The number of aromatic hydroxyl groups is 1. The third kappa shape index (κ3) is 3.89. The molecule has 0 bridgehead atoms. The van der Waals surface area contributed by atoms with Crippen LogP contribution in [-0.2, 0) is 19.1 Å². The Morgan fingerprint density at radius 1 is 1.00 bits per heavy atom. The predicted octanol–water partition coefficient (Wildman–Crippen LogP) is 2.99. The number of phenols is 1. The molecule has 3 rings (SSSR count).